The van der Waals surface area contributed by atoms with Crippen molar-refractivity contribution in [3.05, 3.63) is 148 Å². The van der Waals surface area contributed by atoms with E-state index in [4.69, 9.17) is 11.6 Å². The molecule has 194 valence electrons. The van der Waals surface area contributed by atoms with E-state index < -0.39 is 5.97 Å². The third kappa shape index (κ3) is 6.11. The Morgan fingerprint density at radius 2 is 1.69 bits per heavy atom. The first-order chi connectivity index (χ1) is 18.9. The minimum atomic E-state index is -0.973. The van der Waals surface area contributed by atoms with Crippen molar-refractivity contribution < 1.29 is 14.7 Å². The summed E-state index contributed by atoms with van der Waals surface area (Å²) < 4.78 is 3.80. The number of halogens is 1. The second-order valence-electron chi connectivity index (χ2n) is 9.46. The molecule has 0 saturated heterocycles. The highest BCUT2D eigenvalue weighted by Crippen LogP contribution is 2.27. The zero-order chi connectivity index (χ0) is 27.4. The smallest absolute Gasteiger partial charge is 0.337 e. The van der Waals surface area contributed by atoms with Gasteiger partial charge in [0.2, 0.25) is 5.78 Å². The molecular formula is C33H27ClN2O3. The number of allylic oxidation sites excluding steroid dienone is 1. The van der Waals surface area contributed by atoms with Gasteiger partial charge in [0, 0.05) is 47.8 Å². The maximum Gasteiger partial charge on any atom is 0.337 e. The van der Waals surface area contributed by atoms with Crippen molar-refractivity contribution in [3.8, 4) is 11.1 Å². The van der Waals surface area contributed by atoms with Crippen LogP contribution in [0.1, 0.15) is 43.1 Å². The zero-order valence-electron chi connectivity index (χ0n) is 21.4. The Balaban J connectivity index is 1.34. The Bertz CT molecular complexity index is 1660. The van der Waals surface area contributed by atoms with Crippen LogP contribution >= 0.6 is 11.6 Å². The van der Waals surface area contributed by atoms with Gasteiger partial charge in [-0.2, -0.15) is 0 Å². The lowest BCUT2D eigenvalue weighted by molar-refractivity contribution is 0.0697. The maximum absolute atomic E-state index is 13.0. The molecule has 0 fully saturated rings. The van der Waals surface area contributed by atoms with Gasteiger partial charge in [0.25, 0.3) is 0 Å². The molecule has 0 aliphatic heterocycles. The predicted molar refractivity (Wildman–Crippen MR) is 155 cm³/mol. The number of rotatable bonds is 9. The molecule has 0 unspecified atom stereocenters. The van der Waals surface area contributed by atoms with E-state index in [1.807, 2.05) is 126 Å². The molecule has 0 aliphatic carbocycles. The van der Waals surface area contributed by atoms with Crippen molar-refractivity contribution in [1.82, 2.24) is 9.13 Å². The van der Waals surface area contributed by atoms with E-state index in [0.29, 0.717) is 34.9 Å². The summed E-state index contributed by atoms with van der Waals surface area (Å²) in [6.45, 7) is 3.07. The molecule has 5 nitrogen and oxygen atoms in total. The van der Waals surface area contributed by atoms with E-state index in [1.54, 1.807) is 6.20 Å². The molecule has 0 spiro atoms. The third-order valence-electron chi connectivity index (χ3n) is 6.57. The van der Waals surface area contributed by atoms with Gasteiger partial charge in [-0.15, -0.1) is 0 Å². The number of carboxylic acid groups (broad SMARTS) is 1. The first-order valence-corrected chi connectivity index (χ1v) is 13.0. The van der Waals surface area contributed by atoms with Gasteiger partial charge in [0.15, 0.2) is 0 Å². The number of carbonyl (C=O) groups excluding carboxylic acids is 1. The standard InChI is InChI=1S/C33H27ClN2O3/c1-23-9-13-26(14-10-23)32(37)31-8-4-18-36(31)17-3-6-24-5-2-7-27(19-24)29-21-35(22-30(29)33(38)39)20-25-11-15-28(34)16-12-25/h2-16,18-19,21-22H,17,20H2,1H3,(H,38,39)/b6-3+. The number of carbonyl (C=O) groups is 2. The minimum Gasteiger partial charge on any atom is -0.478 e. The summed E-state index contributed by atoms with van der Waals surface area (Å²) in [6, 6.07) is 26.6. The summed E-state index contributed by atoms with van der Waals surface area (Å²) in [5.74, 6) is -0.987. The topological polar surface area (TPSA) is 64.2 Å². The third-order valence-corrected chi connectivity index (χ3v) is 6.83. The molecule has 0 saturated carbocycles. The van der Waals surface area contributed by atoms with Crippen molar-refractivity contribution >= 4 is 29.4 Å². The Kier molecular flexibility index (Phi) is 7.62. The molecule has 0 bridgehead atoms. The molecule has 2 aromatic heterocycles. The Hall–Kier alpha value is -4.61. The number of benzene rings is 3. The average Bonchev–Trinajstić information content (AvgIpc) is 3.58. The van der Waals surface area contributed by atoms with Gasteiger partial charge in [-0.1, -0.05) is 83.9 Å². The fourth-order valence-electron chi connectivity index (χ4n) is 4.54. The fourth-order valence-corrected chi connectivity index (χ4v) is 4.67. The van der Waals surface area contributed by atoms with Crippen LogP contribution in [0.5, 0.6) is 0 Å². The maximum atomic E-state index is 13.0. The van der Waals surface area contributed by atoms with Crippen LogP contribution in [-0.4, -0.2) is 26.0 Å². The largest absolute Gasteiger partial charge is 0.478 e. The highest BCUT2D eigenvalue weighted by molar-refractivity contribution is 6.30. The number of ketones is 1. The summed E-state index contributed by atoms with van der Waals surface area (Å²) in [5, 5.41) is 10.5. The van der Waals surface area contributed by atoms with Crippen LogP contribution in [0.4, 0.5) is 0 Å². The molecule has 5 rings (SSSR count). The van der Waals surface area contributed by atoms with E-state index in [9.17, 15) is 14.7 Å². The SMILES string of the molecule is Cc1ccc(C(=O)c2cccn2C/C=C/c2cccc(-c3cn(Cc4ccc(Cl)cc4)cc3C(=O)O)c2)cc1. The number of nitrogens with zero attached hydrogens (tertiary/aromatic N) is 2. The van der Waals surface area contributed by atoms with Crippen LogP contribution in [0.2, 0.25) is 5.02 Å². The van der Waals surface area contributed by atoms with Gasteiger partial charge in [-0.25, -0.2) is 4.79 Å². The molecule has 0 atom stereocenters. The highest BCUT2D eigenvalue weighted by Gasteiger charge is 2.16. The van der Waals surface area contributed by atoms with Crippen molar-refractivity contribution in [2.24, 2.45) is 0 Å². The normalized spacial score (nSPS) is 11.2. The van der Waals surface area contributed by atoms with Crippen molar-refractivity contribution in [2.75, 3.05) is 0 Å². The fraction of sp³-hybridized carbons (Fsp3) is 0.0909. The number of hydrogen-bond acceptors (Lipinski definition) is 2. The van der Waals surface area contributed by atoms with E-state index in [0.717, 1.165) is 22.3 Å². The number of carboxylic acids is 1. The lowest BCUT2D eigenvalue weighted by atomic mass is 10.0. The number of aromatic carboxylic acids is 1. The number of aryl methyl sites for hydroxylation is 1. The van der Waals surface area contributed by atoms with Crippen LogP contribution in [0.25, 0.3) is 17.2 Å². The lowest BCUT2D eigenvalue weighted by Gasteiger charge is -2.07. The van der Waals surface area contributed by atoms with Crippen LogP contribution in [0.3, 0.4) is 0 Å². The first kappa shape index (κ1) is 26.0. The van der Waals surface area contributed by atoms with Crippen LogP contribution < -0.4 is 0 Å². The average molecular weight is 535 g/mol. The lowest BCUT2D eigenvalue weighted by Crippen LogP contribution is -2.09. The quantitative estimate of drug-likeness (QED) is 0.198. The zero-order valence-corrected chi connectivity index (χ0v) is 22.2. The molecule has 6 heteroatoms. The molecule has 0 amide bonds. The summed E-state index contributed by atoms with van der Waals surface area (Å²) in [6.07, 6.45) is 9.39. The van der Waals surface area contributed by atoms with Gasteiger partial charge in [-0.05, 0) is 53.9 Å². The second kappa shape index (κ2) is 11.4. The molecule has 0 aliphatic rings. The number of aromatic nitrogens is 2. The predicted octanol–water partition coefficient (Wildman–Crippen LogP) is 7.61. The van der Waals surface area contributed by atoms with Crippen molar-refractivity contribution in [3.63, 3.8) is 0 Å². The van der Waals surface area contributed by atoms with Crippen LogP contribution in [0, 0.1) is 6.92 Å². The van der Waals surface area contributed by atoms with E-state index in [1.165, 1.54) is 0 Å². The van der Waals surface area contributed by atoms with E-state index in [-0.39, 0.29) is 11.3 Å². The van der Waals surface area contributed by atoms with Gasteiger partial charge in [-0.3, -0.25) is 4.79 Å². The molecule has 3 aromatic carbocycles. The Morgan fingerprint density at radius 1 is 0.923 bits per heavy atom. The minimum absolute atomic E-state index is 0.0142. The van der Waals surface area contributed by atoms with Crippen molar-refractivity contribution in [1.29, 1.82) is 0 Å². The summed E-state index contributed by atoms with van der Waals surface area (Å²) >= 11 is 5.99. The highest BCUT2D eigenvalue weighted by atomic mass is 35.5. The molecule has 39 heavy (non-hydrogen) atoms. The molecule has 2 heterocycles. The molecule has 0 radical (unpaired) electrons. The summed E-state index contributed by atoms with van der Waals surface area (Å²) in [7, 11) is 0. The Morgan fingerprint density at radius 3 is 2.44 bits per heavy atom. The van der Waals surface area contributed by atoms with Gasteiger partial charge in [0.1, 0.15) is 0 Å². The van der Waals surface area contributed by atoms with E-state index in [2.05, 4.69) is 0 Å². The molecule has 5 aromatic rings. The van der Waals surface area contributed by atoms with Gasteiger partial charge >= 0.3 is 5.97 Å². The van der Waals surface area contributed by atoms with Gasteiger partial charge < -0.3 is 14.2 Å². The van der Waals surface area contributed by atoms with Crippen LogP contribution in [0.15, 0.2) is 110 Å². The first-order valence-electron chi connectivity index (χ1n) is 12.6. The van der Waals surface area contributed by atoms with Crippen LogP contribution in [-0.2, 0) is 13.1 Å². The van der Waals surface area contributed by atoms with E-state index >= 15 is 0 Å². The second-order valence-corrected chi connectivity index (χ2v) is 9.89. The summed E-state index contributed by atoms with van der Waals surface area (Å²) in [4.78, 5) is 25.0. The van der Waals surface area contributed by atoms with Gasteiger partial charge in [0.05, 0.1) is 11.3 Å². The molecular weight excluding hydrogens is 508 g/mol. The Labute approximate surface area is 232 Å². The monoisotopic (exact) mass is 534 g/mol. The van der Waals surface area contributed by atoms with Crippen molar-refractivity contribution in [2.45, 2.75) is 20.0 Å². The summed E-state index contributed by atoms with van der Waals surface area (Å²) in [5.41, 5.74) is 6.09. The molecule has 1 N–H and O–H groups in total. The number of hydrogen-bond donors (Lipinski definition) is 1.